The molecule has 0 spiro atoms. The van der Waals surface area contributed by atoms with Gasteiger partial charge in [-0.15, -0.1) is 0 Å². The Morgan fingerprint density at radius 1 is 1.30 bits per heavy atom. The summed E-state index contributed by atoms with van der Waals surface area (Å²) < 4.78 is 11.1. The third kappa shape index (κ3) is 4.33. The fourth-order valence-electron chi connectivity index (χ4n) is 3.71. The SMILES string of the molecule is C[C@@H]1CN(C(=O)COC[C@@H]2CCCO2)CC[C@@H]1c1ccccc1. The molecule has 23 heavy (non-hydrogen) atoms. The third-order valence-electron chi connectivity index (χ3n) is 5.04. The second-order valence-corrected chi connectivity index (χ2v) is 6.77. The van der Waals surface area contributed by atoms with E-state index in [-0.39, 0.29) is 18.6 Å². The smallest absolute Gasteiger partial charge is 0.248 e. The minimum Gasteiger partial charge on any atom is -0.376 e. The van der Waals surface area contributed by atoms with Crippen LogP contribution in [0.5, 0.6) is 0 Å². The van der Waals surface area contributed by atoms with Crippen LogP contribution in [0.3, 0.4) is 0 Å². The molecule has 0 aromatic heterocycles. The molecule has 4 heteroatoms. The van der Waals surface area contributed by atoms with Crippen molar-refractivity contribution < 1.29 is 14.3 Å². The van der Waals surface area contributed by atoms with E-state index in [0.29, 0.717) is 18.4 Å². The van der Waals surface area contributed by atoms with Gasteiger partial charge in [0.15, 0.2) is 0 Å². The zero-order valence-corrected chi connectivity index (χ0v) is 13.9. The number of hydrogen-bond acceptors (Lipinski definition) is 3. The molecule has 2 saturated heterocycles. The van der Waals surface area contributed by atoms with Gasteiger partial charge in [0.05, 0.1) is 12.7 Å². The predicted molar refractivity (Wildman–Crippen MR) is 89.3 cm³/mol. The summed E-state index contributed by atoms with van der Waals surface area (Å²) in [7, 11) is 0. The lowest BCUT2D eigenvalue weighted by Crippen LogP contribution is -2.44. The maximum absolute atomic E-state index is 12.3. The van der Waals surface area contributed by atoms with Crippen LogP contribution in [-0.2, 0) is 14.3 Å². The number of carbonyl (C=O) groups excluding carboxylic acids is 1. The van der Waals surface area contributed by atoms with E-state index in [1.54, 1.807) is 0 Å². The predicted octanol–water partition coefficient (Wildman–Crippen LogP) is 2.83. The van der Waals surface area contributed by atoms with Crippen molar-refractivity contribution in [2.24, 2.45) is 5.92 Å². The van der Waals surface area contributed by atoms with Crippen molar-refractivity contribution >= 4 is 5.91 Å². The number of likely N-dealkylation sites (tertiary alicyclic amines) is 1. The molecule has 0 saturated carbocycles. The number of benzene rings is 1. The summed E-state index contributed by atoms with van der Waals surface area (Å²) in [5, 5.41) is 0. The summed E-state index contributed by atoms with van der Waals surface area (Å²) >= 11 is 0. The molecular weight excluding hydrogens is 290 g/mol. The topological polar surface area (TPSA) is 38.8 Å². The summed E-state index contributed by atoms with van der Waals surface area (Å²) in [6.45, 7) is 5.44. The molecule has 126 valence electrons. The van der Waals surface area contributed by atoms with Crippen LogP contribution in [0, 0.1) is 5.92 Å². The van der Waals surface area contributed by atoms with Crippen molar-refractivity contribution in [3.8, 4) is 0 Å². The quantitative estimate of drug-likeness (QED) is 0.838. The molecule has 1 amide bonds. The second kappa shape index (κ2) is 7.93. The molecule has 1 aromatic rings. The minimum atomic E-state index is 0.112. The number of piperidine rings is 1. The summed E-state index contributed by atoms with van der Waals surface area (Å²) in [4.78, 5) is 14.3. The Hall–Kier alpha value is -1.39. The molecule has 3 rings (SSSR count). The van der Waals surface area contributed by atoms with E-state index in [0.717, 1.165) is 39.0 Å². The van der Waals surface area contributed by atoms with Gasteiger partial charge in [-0.3, -0.25) is 4.79 Å². The lowest BCUT2D eigenvalue weighted by molar-refractivity contribution is -0.139. The maximum atomic E-state index is 12.3. The Balaban J connectivity index is 1.44. The molecule has 0 unspecified atom stereocenters. The summed E-state index contributed by atoms with van der Waals surface area (Å²) in [5.41, 5.74) is 1.39. The van der Waals surface area contributed by atoms with Crippen molar-refractivity contribution in [2.45, 2.75) is 38.2 Å². The molecule has 0 radical (unpaired) electrons. The Bertz CT molecular complexity index is 499. The number of nitrogens with zero attached hydrogens (tertiary/aromatic N) is 1. The van der Waals surface area contributed by atoms with Crippen LogP contribution in [0.1, 0.15) is 37.7 Å². The molecule has 0 aliphatic carbocycles. The van der Waals surface area contributed by atoms with E-state index in [2.05, 4.69) is 37.3 Å². The lowest BCUT2D eigenvalue weighted by Gasteiger charge is -2.37. The number of ether oxygens (including phenoxy) is 2. The van der Waals surface area contributed by atoms with Gasteiger partial charge in [0.2, 0.25) is 5.91 Å². The summed E-state index contributed by atoms with van der Waals surface area (Å²) in [6, 6.07) is 10.6. The Morgan fingerprint density at radius 2 is 2.13 bits per heavy atom. The Morgan fingerprint density at radius 3 is 2.83 bits per heavy atom. The first-order valence-corrected chi connectivity index (χ1v) is 8.76. The number of hydrogen-bond donors (Lipinski definition) is 0. The van der Waals surface area contributed by atoms with Gasteiger partial charge in [-0.05, 0) is 36.7 Å². The highest BCUT2D eigenvalue weighted by molar-refractivity contribution is 5.77. The van der Waals surface area contributed by atoms with Crippen LogP contribution in [-0.4, -0.2) is 49.8 Å². The first-order valence-electron chi connectivity index (χ1n) is 8.76. The average molecular weight is 317 g/mol. The number of carbonyl (C=O) groups is 1. The molecule has 2 heterocycles. The van der Waals surface area contributed by atoms with Crippen LogP contribution in [0.2, 0.25) is 0 Å². The van der Waals surface area contributed by atoms with Crippen LogP contribution in [0.25, 0.3) is 0 Å². The van der Waals surface area contributed by atoms with E-state index in [1.807, 2.05) is 4.90 Å². The first-order chi connectivity index (χ1) is 11.2. The van der Waals surface area contributed by atoms with Crippen LogP contribution >= 0.6 is 0 Å². The molecule has 3 atom stereocenters. The molecule has 0 bridgehead atoms. The van der Waals surface area contributed by atoms with Gasteiger partial charge in [-0.2, -0.15) is 0 Å². The maximum Gasteiger partial charge on any atom is 0.248 e. The van der Waals surface area contributed by atoms with Gasteiger partial charge in [0.1, 0.15) is 6.61 Å². The fourth-order valence-corrected chi connectivity index (χ4v) is 3.71. The van der Waals surface area contributed by atoms with Crippen molar-refractivity contribution in [3.63, 3.8) is 0 Å². The fraction of sp³-hybridized carbons (Fsp3) is 0.632. The highest BCUT2D eigenvalue weighted by Crippen LogP contribution is 2.32. The zero-order chi connectivity index (χ0) is 16.1. The molecule has 2 aliphatic rings. The number of amides is 1. The van der Waals surface area contributed by atoms with Gasteiger partial charge in [-0.1, -0.05) is 37.3 Å². The van der Waals surface area contributed by atoms with Crippen molar-refractivity contribution in [1.29, 1.82) is 0 Å². The van der Waals surface area contributed by atoms with Crippen LogP contribution in [0.4, 0.5) is 0 Å². The van der Waals surface area contributed by atoms with E-state index >= 15 is 0 Å². The van der Waals surface area contributed by atoms with Gasteiger partial charge < -0.3 is 14.4 Å². The number of rotatable bonds is 5. The van der Waals surface area contributed by atoms with E-state index in [1.165, 1.54) is 5.56 Å². The summed E-state index contributed by atoms with van der Waals surface area (Å²) in [5.74, 6) is 1.14. The average Bonchev–Trinajstić information content (AvgIpc) is 3.09. The van der Waals surface area contributed by atoms with Gasteiger partial charge in [0.25, 0.3) is 0 Å². The van der Waals surface area contributed by atoms with E-state index < -0.39 is 0 Å². The molecule has 0 N–H and O–H groups in total. The van der Waals surface area contributed by atoms with Crippen molar-refractivity contribution in [2.75, 3.05) is 32.9 Å². The lowest BCUT2D eigenvalue weighted by atomic mass is 9.81. The normalized spacial score (nSPS) is 28.0. The third-order valence-corrected chi connectivity index (χ3v) is 5.04. The molecule has 1 aromatic carbocycles. The van der Waals surface area contributed by atoms with Gasteiger partial charge >= 0.3 is 0 Å². The highest BCUT2D eigenvalue weighted by Gasteiger charge is 2.29. The summed E-state index contributed by atoms with van der Waals surface area (Å²) in [6.07, 6.45) is 3.37. The molecule has 2 fully saturated rings. The van der Waals surface area contributed by atoms with E-state index in [9.17, 15) is 4.79 Å². The van der Waals surface area contributed by atoms with Crippen molar-refractivity contribution in [3.05, 3.63) is 35.9 Å². The van der Waals surface area contributed by atoms with Gasteiger partial charge in [0, 0.05) is 19.7 Å². The second-order valence-electron chi connectivity index (χ2n) is 6.77. The standard InChI is InChI=1S/C19H27NO3/c1-15-12-20(10-9-18(15)16-6-3-2-4-7-16)19(21)14-22-13-17-8-5-11-23-17/h2-4,6-7,15,17-18H,5,8-14H2,1H3/t15-,17+,18+/m1/s1. The minimum absolute atomic E-state index is 0.112. The Kier molecular flexibility index (Phi) is 5.68. The van der Waals surface area contributed by atoms with Crippen LogP contribution in [0.15, 0.2) is 30.3 Å². The molecular formula is C19H27NO3. The molecule has 2 aliphatic heterocycles. The largest absolute Gasteiger partial charge is 0.376 e. The highest BCUT2D eigenvalue weighted by atomic mass is 16.5. The Labute approximate surface area is 138 Å². The van der Waals surface area contributed by atoms with Crippen molar-refractivity contribution in [1.82, 2.24) is 4.90 Å². The monoisotopic (exact) mass is 317 g/mol. The van der Waals surface area contributed by atoms with E-state index in [4.69, 9.17) is 9.47 Å². The molecule has 4 nitrogen and oxygen atoms in total. The van der Waals surface area contributed by atoms with Crippen LogP contribution < -0.4 is 0 Å². The first kappa shape index (κ1) is 16.5. The van der Waals surface area contributed by atoms with Gasteiger partial charge in [-0.25, -0.2) is 0 Å². The zero-order valence-electron chi connectivity index (χ0n) is 13.9.